The minimum atomic E-state index is -0.813. The number of carbonyl (C=O) groups excluding carboxylic acids is 1. The normalized spacial score (nSPS) is 12.0. The molecular weight excluding hydrogens is 292 g/mol. The van der Waals surface area contributed by atoms with Crippen LogP contribution < -0.4 is 5.32 Å². The molecule has 0 fully saturated rings. The largest absolute Gasteiger partial charge is 0.481 e. The van der Waals surface area contributed by atoms with Gasteiger partial charge in [-0.2, -0.15) is 0 Å². The first kappa shape index (κ1) is 17.4. The number of hydrogen-bond donors (Lipinski definition) is 2. The first-order chi connectivity index (χ1) is 9.93. The van der Waals surface area contributed by atoms with Crippen molar-refractivity contribution in [3.63, 3.8) is 0 Å². The summed E-state index contributed by atoms with van der Waals surface area (Å²) < 4.78 is 0. The van der Waals surface area contributed by atoms with Gasteiger partial charge in [0.05, 0.1) is 5.92 Å². The van der Waals surface area contributed by atoms with Gasteiger partial charge in [-0.05, 0) is 31.4 Å². The highest BCUT2D eigenvalue weighted by atomic mass is 35.5. The maximum Gasteiger partial charge on any atom is 0.306 e. The predicted molar refractivity (Wildman–Crippen MR) is 81.6 cm³/mol. The van der Waals surface area contributed by atoms with Gasteiger partial charge in [-0.1, -0.05) is 31.9 Å². The van der Waals surface area contributed by atoms with E-state index in [4.69, 9.17) is 16.7 Å². The Balaban J connectivity index is 2.50. The van der Waals surface area contributed by atoms with Crippen LogP contribution in [0, 0.1) is 5.92 Å². The lowest BCUT2D eigenvalue weighted by Crippen LogP contribution is -2.25. The van der Waals surface area contributed by atoms with Gasteiger partial charge in [0.15, 0.2) is 0 Å². The second kappa shape index (κ2) is 8.62. The zero-order valence-electron chi connectivity index (χ0n) is 12.4. The lowest BCUT2D eigenvalue weighted by atomic mass is 10.1. The number of carboxylic acids is 1. The third kappa shape index (κ3) is 6.12. The number of hydrogen-bond acceptors (Lipinski definition) is 3. The molecule has 0 aliphatic rings. The van der Waals surface area contributed by atoms with E-state index in [0.29, 0.717) is 30.1 Å². The monoisotopic (exact) mass is 312 g/mol. The summed E-state index contributed by atoms with van der Waals surface area (Å²) in [7, 11) is 0. The lowest BCUT2D eigenvalue weighted by molar-refractivity contribution is -0.141. The van der Waals surface area contributed by atoms with E-state index in [1.807, 2.05) is 6.92 Å². The van der Waals surface area contributed by atoms with Crippen molar-refractivity contribution in [3.8, 4) is 0 Å². The van der Waals surface area contributed by atoms with E-state index in [9.17, 15) is 9.59 Å². The Kier molecular flexibility index (Phi) is 7.15. The molecule has 0 aromatic carbocycles. The van der Waals surface area contributed by atoms with Crippen LogP contribution in [0.15, 0.2) is 12.1 Å². The molecule has 0 aliphatic heterocycles. The molecule has 1 heterocycles. The molecule has 1 unspecified atom stereocenters. The number of nitrogens with one attached hydrogen (secondary N) is 1. The van der Waals surface area contributed by atoms with E-state index in [1.54, 1.807) is 13.0 Å². The van der Waals surface area contributed by atoms with Crippen LogP contribution in [-0.2, 0) is 11.2 Å². The number of carbonyl (C=O) groups is 2. The van der Waals surface area contributed by atoms with E-state index in [0.717, 1.165) is 18.5 Å². The van der Waals surface area contributed by atoms with Gasteiger partial charge >= 0.3 is 5.97 Å². The van der Waals surface area contributed by atoms with Gasteiger partial charge in [-0.15, -0.1) is 0 Å². The number of nitrogens with zero attached hydrogens (tertiary/aromatic N) is 1. The molecule has 5 nitrogen and oxygen atoms in total. The molecule has 0 aliphatic carbocycles. The van der Waals surface area contributed by atoms with Gasteiger partial charge in [0, 0.05) is 17.8 Å². The van der Waals surface area contributed by atoms with Crippen molar-refractivity contribution in [2.75, 3.05) is 6.54 Å². The average Bonchev–Trinajstić information content (AvgIpc) is 2.42. The molecule has 1 aromatic heterocycles. The van der Waals surface area contributed by atoms with Crippen molar-refractivity contribution in [3.05, 3.63) is 28.5 Å². The first-order valence-electron chi connectivity index (χ1n) is 7.11. The molecule has 0 spiro atoms. The standard InChI is InChI=1S/C15H21ClN2O3/c1-3-5-12-8-11(9-13(16)18-12)14(19)17-7-4-6-10(2)15(20)21/h8-10H,3-7H2,1-2H3,(H,17,19)(H,20,21). The number of pyridine rings is 1. The van der Waals surface area contributed by atoms with Gasteiger partial charge < -0.3 is 10.4 Å². The fourth-order valence-electron chi connectivity index (χ4n) is 1.90. The van der Waals surface area contributed by atoms with Crippen LogP contribution in [0.5, 0.6) is 0 Å². The highest BCUT2D eigenvalue weighted by Gasteiger charge is 2.11. The van der Waals surface area contributed by atoms with Crippen LogP contribution in [0.4, 0.5) is 0 Å². The van der Waals surface area contributed by atoms with Crippen LogP contribution in [0.1, 0.15) is 49.2 Å². The topological polar surface area (TPSA) is 79.3 Å². The Labute approximate surface area is 129 Å². The summed E-state index contributed by atoms with van der Waals surface area (Å²) in [5.74, 6) is -1.42. The molecule has 6 heteroatoms. The maximum atomic E-state index is 12.0. The van der Waals surface area contributed by atoms with E-state index < -0.39 is 11.9 Å². The molecule has 1 aromatic rings. The van der Waals surface area contributed by atoms with E-state index in [1.165, 1.54) is 6.07 Å². The Morgan fingerprint density at radius 2 is 2.14 bits per heavy atom. The molecule has 1 rings (SSSR count). The second-order valence-electron chi connectivity index (χ2n) is 5.06. The number of carboxylic acid groups (broad SMARTS) is 1. The Morgan fingerprint density at radius 1 is 1.43 bits per heavy atom. The van der Waals surface area contributed by atoms with Gasteiger partial charge in [0.25, 0.3) is 5.91 Å². The van der Waals surface area contributed by atoms with Crippen molar-refractivity contribution >= 4 is 23.5 Å². The summed E-state index contributed by atoms with van der Waals surface area (Å²) in [4.78, 5) is 26.9. The Bertz CT molecular complexity index is 506. The first-order valence-corrected chi connectivity index (χ1v) is 7.49. The number of rotatable bonds is 8. The zero-order chi connectivity index (χ0) is 15.8. The molecule has 1 atom stereocenters. The molecule has 0 saturated heterocycles. The van der Waals surface area contributed by atoms with E-state index in [2.05, 4.69) is 10.3 Å². The van der Waals surface area contributed by atoms with Gasteiger partial charge in [-0.25, -0.2) is 4.98 Å². The summed E-state index contributed by atoms with van der Waals surface area (Å²) in [6.45, 7) is 4.13. The highest BCUT2D eigenvalue weighted by Crippen LogP contribution is 2.12. The van der Waals surface area contributed by atoms with Crippen LogP contribution >= 0.6 is 11.6 Å². The molecule has 2 N–H and O–H groups in total. The summed E-state index contributed by atoms with van der Waals surface area (Å²) in [6.07, 6.45) is 2.87. The number of amides is 1. The molecule has 0 bridgehead atoms. The highest BCUT2D eigenvalue weighted by molar-refractivity contribution is 6.29. The van der Waals surface area contributed by atoms with Crippen molar-refractivity contribution < 1.29 is 14.7 Å². The molecule has 0 radical (unpaired) electrons. The predicted octanol–water partition coefficient (Wildman–Crippen LogP) is 2.92. The lowest BCUT2D eigenvalue weighted by Gasteiger charge is -2.08. The van der Waals surface area contributed by atoms with Crippen molar-refractivity contribution in [2.24, 2.45) is 5.92 Å². The smallest absolute Gasteiger partial charge is 0.306 e. The average molecular weight is 313 g/mol. The third-order valence-electron chi connectivity index (χ3n) is 3.14. The number of aliphatic carboxylic acids is 1. The minimum absolute atomic E-state index is 0.209. The van der Waals surface area contributed by atoms with Crippen molar-refractivity contribution in [1.82, 2.24) is 10.3 Å². The van der Waals surface area contributed by atoms with Gasteiger partial charge in [0.2, 0.25) is 0 Å². The molecule has 21 heavy (non-hydrogen) atoms. The van der Waals surface area contributed by atoms with E-state index >= 15 is 0 Å². The molecular formula is C15H21ClN2O3. The number of aryl methyl sites for hydroxylation is 1. The Morgan fingerprint density at radius 3 is 2.76 bits per heavy atom. The summed E-state index contributed by atoms with van der Waals surface area (Å²) in [5, 5.41) is 11.9. The minimum Gasteiger partial charge on any atom is -0.481 e. The van der Waals surface area contributed by atoms with Crippen molar-refractivity contribution in [2.45, 2.75) is 39.5 Å². The Hall–Kier alpha value is -1.62. The number of aromatic nitrogens is 1. The van der Waals surface area contributed by atoms with Crippen LogP contribution in [0.3, 0.4) is 0 Å². The van der Waals surface area contributed by atoms with E-state index in [-0.39, 0.29) is 5.91 Å². The van der Waals surface area contributed by atoms with Crippen molar-refractivity contribution in [1.29, 1.82) is 0 Å². The molecule has 1 amide bonds. The van der Waals surface area contributed by atoms with Crippen LogP contribution in [0.2, 0.25) is 5.15 Å². The van der Waals surface area contributed by atoms with Crippen LogP contribution in [-0.4, -0.2) is 28.5 Å². The van der Waals surface area contributed by atoms with Gasteiger partial charge in [0.1, 0.15) is 5.15 Å². The molecule has 116 valence electrons. The summed E-state index contributed by atoms with van der Waals surface area (Å²) in [6, 6.07) is 3.28. The second-order valence-corrected chi connectivity index (χ2v) is 5.44. The SMILES string of the molecule is CCCc1cc(C(=O)NCCCC(C)C(=O)O)cc(Cl)n1. The summed E-state index contributed by atoms with van der Waals surface area (Å²) in [5.41, 5.74) is 1.29. The maximum absolute atomic E-state index is 12.0. The fourth-order valence-corrected chi connectivity index (χ4v) is 2.13. The van der Waals surface area contributed by atoms with Crippen LogP contribution in [0.25, 0.3) is 0 Å². The third-order valence-corrected chi connectivity index (χ3v) is 3.33. The summed E-state index contributed by atoms with van der Waals surface area (Å²) >= 11 is 5.91. The quantitative estimate of drug-likeness (QED) is 0.571. The van der Waals surface area contributed by atoms with Gasteiger partial charge in [-0.3, -0.25) is 9.59 Å². The fraction of sp³-hybridized carbons (Fsp3) is 0.533. The zero-order valence-corrected chi connectivity index (χ0v) is 13.1. The number of halogens is 1. The molecule has 0 saturated carbocycles.